The fourth-order valence-electron chi connectivity index (χ4n) is 4.54. The van der Waals surface area contributed by atoms with Crippen molar-refractivity contribution in [1.29, 1.82) is 0 Å². The maximum Gasteiger partial charge on any atom is 0.421 e. The van der Waals surface area contributed by atoms with Crippen molar-refractivity contribution in [2.24, 2.45) is 0 Å². The normalized spacial score (nSPS) is 19.8. The smallest absolute Gasteiger partial charge is 0.338 e. The summed E-state index contributed by atoms with van der Waals surface area (Å²) in [5.74, 6) is 0.525. The lowest BCUT2D eigenvalue weighted by Gasteiger charge is -2.35. The Morgan fingerprint density at radius 2 is 1.94 bits per heavy atom. The number of H-pyrrole nitrogens is 1. The third-order valence-electron chi connectivity index (χ3n) is 6.32. The van der Waals surface area contributed by atoms with Gasteiger partial charge in [-0.1, -0.05) is 6.07 Å². The molecular formula is C21H23F3N8O2. The number of hydrogen-bond acceptors (Lipinski definition) is 7. The van der Waals surface area contributed by atoms with Crippen molar-refractivity contribution < 1.29 is 18.0 Å². The fraction of sp³-hybridized carbons (Fsp3) is 0.476. The minimum absolute atomic E-state index is 0.0828. The summed E-state index contributed by atoms with van der Waals surface area (Å²) in [5, 5.41) is 10.3. The number of piperazine rings is 1. The van der Waals surface area contributed by atoms with E-state index < -0.39 is 23.3 Å². The lowest BCUT2D eigenvalue weighted by atomic mass is 10.1. The SMILES string of the molecule is O=C(CN1CCCC1c1cc(C(F)(F)F)c(=O)[nH]n1)N1CCN(c2nc3ccccn3n2)CC1. The number of nitrogens with zero attached hydrogens (tertiary/aromatic N) is 7. The van der Waals surface area contributed by atoms with E-state index in [0.717, 1.165) is 18.1 Å². The first-order valence-corrected chi connectivity index (χ1v) is 11.0. The van der Waals surface area contributed by atoms with Crippen molar-refractivity contribution in [3.05, 3.63) is 52.1 Å². The number of anilines is 1. The molecule has 1 amide bonds. The molecule has 1 atom stereocenters. The number of fused-ring (bicyclic) bond motifs is 1. The molecule has 5 heterocycles. The second kappa shape index (κ2) is 8.70. The van der Waals surface area contributed by atoms with E-state index in [9.17, 15) is 22.8 Å². The average Bonchev–Trinajstić information content (AvgIpc) is 3.46. The molecule has 0 bridgehead atoms. The topological polar surface area (TPSA) is 103 Å². The third-order valence-corrected chi connectivity index (χ3v) is 6.32. The van der Waals surface area contributed by atoms with Gasteiger partial charge in [-0.25, -0.2) is 9.61 Å². The minimum Gasteiger partial charge on any atom is -0.338 e. The Bertz CT molecular complexity index is 1220. The number of rotatable bonds is 4. The predicted molar refractivity (Wildman–Crippen MR) is 115 cm³/mol. The molecule has 1 N–H and O–H groups in total. The number of amides is 1. The van der Waals surface area contributed by atoms with E-state index in [1.807, 2.05) is 39.3 Å². The Kier molecular flexibility index (Phi) is 5.71. The highest BCUT2D eigenvalue weighted by atomic mass is 19.4. The Balaban J connectivity index is 1.22. The van der Waals surface area contributed by atoms with E-state index in [-0.39, 0.29) is 18.1 Å². The maximum atomic E-state index is 13.1. The quantitative estimate of drug-likeness (QED) is 0.606. The van der Waals surface area contributed by atoms with Gasteiger partial charge in [0, 0.05) is 32.4 Å². The summed E-state index contributed by atoms with van der Waals surface area (Å²) in [7, 11) is 0. The first kappa shape index (κ1) is 22.3. The molecule has 34 heavy (non-hydrogen) atoms. The van der Waals surface area contributed by atoms with Crippen LogP contribution >= 0.6 is 0 Å². The highest BCUT2D eigenvalue weighted by Crippen LogP contribution is 2.33. The summed E-state index contributed by atoms with van der Waals surface area (Å²) in [6, 6.07) is 5.98. The number of carbonyl (C=O) groups excluding carboxylic acids is 1. The highest BCUT2D eigenvalue weighted by molar-refractivity contribution is 5.78. The molecule has 1 unspecified atom stereocenters. The molecule has 10 nitrogen and oxygen atoms in total. The van der Waals surface area contributed by atoms with Gasteiger partial charge in [-0.2, -0.15) is 23.3 Å². The number of pyridine rings is 1. The van der Waals surface area contributed by atoms with E-state index in [1.54, 1.807) is 9.42 Å². The molecule has 0 aromatic carbocycles. The van der Waals surface area contributed by atoms with Crippen molar-refractivity contribution in [1.82, 2.24) is 34.6 Å². The lowest BCUT2D eigenvalue weighted by molar-refractivity contribution is -0.139. The van der Waals surface area contributed by atoms with Crippen LogP contribution in [0.1, 0.15) is 30.1 Å². The summed E-state index contributed by atoms with van der Waals surface area (Å²) >= 11 is 0. The van der Waals surface area contributed by atoms with Crippen LogP contribution in [0.3, 0.4) is 0 Å². The molecule has 5 rings (SSSR count). The van der Waals surface area contributed by atoms with Crippen LogP contribution in [-0.4, -0.2) is 79.8 Å². The summed E-state index contributed by atoms with van der Waals surface area (Å²) in [4.78, 5) is 34.6. The van der Waals surface area contributed by atoms with E-state index in [4.69, 9.17) is 0 Å². The van der Waals surface area contributed by atoms with Crippen molar-refractivity contribution in [3.8, 4) is 0 Å². The van der Waals surface area contributed by atoms with Crippen LogP contribution in [-0.2, 0) is 11.0 Å². The molecular weight excluding hydrogens is 453 g/mol. The third kappa shape index (κ3) is 4.34. The molecule has 2 saturated heterocycles. The second-order valence-electron chi connectivity index (χ2n) is 8.44. The summed E-state index contributed by atoms with van der Waals surface area (Å²) in [5.41, 5.74) is -1.66. The van der Waals surface area contributed by atoms with Crippen molar-refractivity contribution in [2.75, 3.05) is 44.2 Å². The molecule has 2 aliphatic heterocycles. The number of aromatic nitrogens is 5. The maximum absolute atomic E-state index is 13.1. The second-order valence-corrected chi connectivity index (χ2v) is 8.44. The lowest BCUT2D eigenvalue weighted by Crippen LogP contribution is -2.51. The first-order chi connectivity index (χ1) is 16.3. The van der Waals surface area contributed by atoms with E-state index in [0.29, 0.717) is 45.1 Å². The van der Waals surface area contributed by atoms with E-state index >= 15 is 0 Å². The summed E-state index contributed by atoms with van der Waals surface area (Å²) in [6.45, 7) is 2.83. The van der Waals surface area contributed by atoms with E-state index in [1.165, 1.54) is 0 Å². The zero-order valence-electron chi connectivity index (χ0n) is 18.2. The Hall–Kier alpha value is -3.48. The standard InChI is InChI=1S/C21H23F3N8O2/c22-21(23,24)14-12-15(26-27-19(14)34)16-4-3-6-31(16)13-18(33)29-8-10-30(11-9-29)20-25-17-5-1-2-7-32(17)28-20/h1-2,5,7,12,16H,3-4,6,8-11,13H2,(H,27,34). The Morgan fingerprint density at radius 1 is 1.15 bits per heavy atom. The van der Waals surface area contributed by atoms with Crippen molar-refractivity contribution in [3.63, 3.8) is 0 Å². The molecule has 0 radical (unpaired) electrons. The molecule has 3 aromatic heterocycles. The van der Waals surface area contributed by atoms with Crippen molar-refractivity contribution >= 4 is 17.5 Å². The van der Waals surface area contributed by atoms with Gasteiger partial charge in [-0.3, -0.25) is 14.5 Å². The molecule has 180 valence electrons. The van der Waals surface area contributed by atoms with Gasteiger partial charge in [0.15, 0.2) is 5.65 Å². The van der Waals surface area contributed by atoms with Gasteiger partial charge in [0.05, 0.1) is 18.3 Å². The van der Waals surface area contributed by atoms with Crippen LogP contribution in [0.5, 0.6) is 0 Å². The number of alkyl halides is 3. The van der Waals surface area contributed by atoms with Gasteiger partial charge >= 0.3 is 6.18 Å². The van der Waals surface area contributed by atoms with Gasteiger partial charge in [0.2, 0.25) is 11.9 Å². The van der Waals surface area contributed by atoms with Crippen molar-refractivity contribution in [2.45, 2.75) is 25.1 Å². The van der Waals surface area contributed by atoms with Crippen LogP contribution < -0.4 is 10.5 Å². The molecule has 0 aliphatic carbocycles. The molecule has 0 spiro atoms. The Labute approximate surface area is 192 Å². The van der Waals surface area contributed by atoms with Gasteiger partial charge in [0.25, 0.3) is 5.56 Å². The molecule has 3 aromatic rings. The first-order valence-electron chi connectivity index (χ1n) is 11.0. The zero-order valence-corrected chi connectivity index (χ0v) is 18.2. The number of halogens is 3. The number of aromatic amines is 1. The monoisotopic (exact) mass is 476 g/mol. The molecule has 13 heteroatoms. The van der Waals surface area contributed by atoms with E-state index in [2.05, 4.69) is 15.2 Å². The van der Waals surface area contributed by atoms with Crippen LogP contribution in [0.4, 0.5) is 19.1 Å². The molecule has 2 aliphatic rings. The number of nitrogens with one attached hydrogen (secondary N) is 1. The van der Waals surface area contributed by atoms with Gasteiger partial charge in [-0.15, -0.1) is 5.10 Å². The number of hydrogen-bond donors (Lipinski definition) is 1. The molecule has 2 fully saturated rings. The number of likely N-dealkylation sites (tertiary alicyclic amines) is 1. The van der Waals surface area contributed by atoms with Gasteiger partial charge in [0.1, 0.15) is 5.56 Å². The Morgan fingerprint density at radius 3 is 2.68 bits per heavy atom. The molecule has 0 saturated carbocycles. The number of carbonyl (C=O) groups is 1. The van der Waals surface area contributed by atoms with Crippen LogP contribution in [0.2, 0.25) is 0 Å². The fourth-order valence-corrected chi connectivity index (χ4v) is 4.54. The zero-order chi connectivity index (χ0) is 23.9. The summed E-state index contributed by atoms with van der Waals surface area (Å²) in [6.07, 6.45) is -1.64. The van der Waals surface area contributed by atoms with Gasteiger partial charge < -0.3 is 9.80 Å². The summed E-state index contributed by atoms with van der Waals surface area (Å²) < 4.78 is 41.1. The van der Waals surface area contributed by atoms with Crippen LogP contribution in [0.25, 0.3) is 5.65 Å². The van der Waals surface area contributed by atoms with Crippen LogP contribution in [0, 0.1) is 0 Å². The minimum atomic E-state index is -4.76. The van der Waals surface area contributed by atoms with Gasteiger partial charge in [-0.05, 0) is 37.6 Å². The predicted octanol–water partition coefficient (Wildman–Crippen LogP) is 1.32. The highest BCUT2D eigenvalue weighted by Gasteiger charge is 2.37. The average molecular weight is 476 g/mol. The largest absolute Gasteiger partial charge is 0.421 e. The van der Waals surface area contributed by atoms with Crippen LogP contribution in [0.15, 0.2) is 35.3 Å².